The minimum absolute atomic E-state index is 0.112. The van der Waals surface area contributed by atoms with Gasteiger partial charge >= 0.3 is 6.03 Å². The minimum Gasteiger partial charge on any atom is -0.388 e. The number of urea groups is 1. The van der Waals surface area contributed by atoms with Gasteiger partial charge in [-0.25, -0.2) is 4.79 Å². The highest BCUT2D eigenvalue weighted by Crippen LogP contribution is 2.33. The van der Waals surface area contributed by atoms with Gasteiger partial charge in [-0.05, 0) is 31.2 Å². The number of benzene rings is 1. The van der Waals surface area contributed by atoms with Crippen molar-refractivity contribution >= 4 is 29.2 Å². The van der Waals surface area contributed by atoms with E-state index in [0.717, 1.165) is 30.3 Å². The van der Waals surface area contributed by atoms with Crippen molar-refractivity contribution in [3.63, 3.8) is 0 Å². The number of carbonyl (C=O) groups excluding carboxylic acids is 1. The zero-order valence-corrected chi connectivity index (χ0v) is 15.5. The summed E-state index contributed by atoms with van der Waals surface area (Å²) in [7, 11) is 0. The third kappa shape index (κ3) is 5.03. The van der Waals surface area contributed by atoms with Crippen molar-refractivity contribution in [3.05, 3.63) is 24.3 Å². The van der Waals surface area contributed by atoms with E-state index in [9.17, 15) is 9.90 Å². The lowest BCUT2D eigenvalue weighted by Gasteiger charge is -2.43. The molecule has 3 N–H and O–H groups in total. The summed E-state index contributed by atoms with van der Waals surface area (Å²) < 4.78 is 5.44. The van der Waals surface area contributed by atoms with Gasteiger partial charge in [-0.3, -0.25) is 0 Å². The Morgan fingerprint density at radius 1 is 1.32 bits per heavy atom. The molecule has 1 saturated carbocycles. The van der Waals surface area contributed by atoms with E-state index in [4.69, 9.17) is 4.74 Å². The van der Waals surface area contributed by atoms with Crippen LogP contribution in [0.25, 0.3) is 0 Å². The van der Waals surface area contributed by atoms with Crippen LogP contribution in [0.15, 0.2) is 24.3 Å². The van der Waals surface area contributed by atoms with E-state index < -0.39 is 5.60 Å². The van der Waals surface area contributed by atoms with Crippen LogP contribution in [0, 0.1) is 0 Å². The van der Waals surface area contributed by atoms with Gasteiger partial charge in [0, 0.05) is 62.0 Å². The highest BCUT2D eigenvalue weighted by Gasteiger charge is 2.43. The van der Waals surface area contributed by atoms with E-state index >= 15 is 0 Å². The van der Waals surface area contributed by atoms with E-state index in [2.05, 4.69) is 15.5 Å². The van der Waals surface area contributed by atoms with Gasteiger partial charge in [0.05, 0.1) is 11.7 Å². The molecule has 6 nitrogen and oxygen atoms in total. The molecule has 2 amide bonds. The molecule has 0 unspecified atom stereocenters. The van der Waals surface area contributed by atoms with Crippen LogP contribution in [0.2, 0.25) is 0 Å². The molecule has 0 spiro atoms. The molecule has 0 atom stereocenters. The van der Waals surface area contributed by atoms with Gasteiger partial charge in [-0.2, -0.15) is 11.8 Å². The first-order valence-corrected chi connectivity index (χ1v) is 10.0. The molecule has 1 heterocycles. The third-order valence-electron chi connectivity index (χ3n) is 4.70. The maximum absolute atomic E-state index is 12.0. The number of aliphatic hydroxyl groups is 1. The van der Waals surface area contributed by atoms with Gasteiger partial charge in [0.2, 0.25) is 0 Å². The molecule has 25 heavy (non-hydrogen) atoms. The van der Waals surface area contributed by atoms with Crippen molar-refractivity contribution in [1.29, 1.82) is 0 Å². The Morgan fingerprint density at radius 2 is 2.00 bits per heavy atom. The summed E-state index contributed by atoms with van der Waals surface area (Å²) in [6.07, 6.45) is 1.26. The summed E-state index contributed by atoms with van der Waals surface area (Å²) in [5, 5.41) is 15.8. The van der Waals surface area contributed by atoms with Crippen LogP contribution in [-0.2, 0) is 4.74 Å². The minimum atomic E-state index is -0.840. The topological polar surface area (TPSA) is 73.8 Å². The second kappa shape index (κ2) is 8.29. The third-order valence-corrected chi connectivity index (χ3v) is 5.64. The quantitative estimate of drug-likeness (QED) is 0.721. The van der Waals surface area contributed by atoms with E-state index in [1.54, 1.807) is 0 Å². The van der Waals surface area contributed by atoms with Crippen LogP contribution >= 0.6 is 11.8 Å². The standard InChI is InChI=1S/C18H27N3O3S/c1-2-24-16-11-18(23,12-16)13-19-17(22)20-14-3-5-15(6-4-14)21-7-9-25-10-8-21/h3-6,16,23H,2,7-13H2,1H3,(H2,19,20,22). The summed E-state index contributed by atoms with van der Waals surface area (Å²) in [4.78, 5) is 14.4. The van der Waals surface area contributed by atoms with Crippen LogP contribution in [-0.4, -0.2) is 60.6 Å². The first-order valence-electron chi connectivity index (χ1n) is 8.89. The molecule has 1 aliphatic carbocycles. The number of thioether (sulfide) groups is 1. The molecular formula is C18H27N3O3S. The van der Waals surface area contributed by atoms with E-state index in [1.165, 1.54) is 5.69 Å². The van der Waals surface area contributed by atoms with E-state index in [0.29, 0.717) is 19.4 Å². The van der Waals surface area contributed by atoms with Gasteiger partial charge in [0.1, 0.15) is 0 Å². The fraction of sp³-hybridized carbons (Fsp3) is 0.611. The number of hydrogen-bond acceptors (Lipinski definition) is 5. The fourth-order valence-electron chi connectivity index (χ4n) is 3.28. The molecule has 3 rings (SSSR count). The highest BCUT2D eigenvalue weighted by molar-refractivity contribution is 7.99. The molecule has 1 saturated heterocycles. The maximum atomic E-state index is 12.0. The van der Waals surface area contributed by atoms with Crippen LogP contribution in [0.5, 0.6) is 0 Å². The molecule has 2 aliphatic rings. The summed E-state index contributed by atoms with van der Waals surface area (Å²) >= 11 is 1.99. The number of rotatable bonds is 6. The first kappa shape index (κ1) is 18.4. The number of amides is 2. The Balaban J connectivity index is 1.42. The van der Waals surface area contributed by atoms with Crippen molar-refractivity contribution < 1.29 is 14.6 Å². The lowest BCUT2D eigenvalue weighted by Crippen LogP contribution is -2.55. The average Bonchev–Trinajstić information content (AvgIpc) is 2.60. The molecule has 1 aliphatic heterocycles. The number of nitrogens with zero attached hydrogens (tertiary/aromatic N) is 1. The predicted molar refractivity (Wildman–Crippen MR) is 103 cm³/mol. The summed E-state index contributed by atoms with van der Waals surface area (Å²) in [5.74, 6) is 2.32. The van der Waals surface area contributed by atoms with E-state index in [-0.39, 0.29) is 18.7 Å². The van der Waals surface area contributed by atoms with Crippen LogP contribution in [0.4, 0.5) is 16.2 Å². The van der Waals surface area contributed by atoms with Gasteiger partial charge in [0.15, 0.2) is 0 Å². The predicted octanol–water partition coefficient (Wildman–Crippen LogP) is 2.29. The molecule has 1 aromatic carbocycles. The smallest absolute Gasteiger partial charge is 0.319 e. The molecule has 0 radical (unpaired) electrons. The van der Waals surface area contributed by atoms with Crippen molar-refractivity contribution in [3.8, 4) is 0 Å². The normalized spacial score (nSPS) is 26.0. The molecule has 2 fully saturated rings. The van der Waals surface area contributed by atoms with Gasteiger partial charge < -0.3 is 25.4 Å². The van der Waals surface area contributed by atoms with Crippen molar-refractivity contribution in [2.75, 3.05) is 48.0 Å². The monoisotopic (exact) mass is 365 g/mol. The number of nitrogens with one attached hydrogen (secondary N) is 2. The van der Waals surface area contributed by atoms with Crippen molar-refractivity contribution in [2.45, 2.75) is 31.5 Å². The molecule has 0 aromatic heterocycles. The maximum Gasteiger partial charge on any atom is 0.319 e. The zero-order chi connectivity index (χ0) is 17.7. The Labute approximate surface area is 153 Å². The second-order valence-electron chi connectivity index (χ2n) is 6.66. The zero-order valence-electron chi connectivity index (χ0n) is 14.7. The number of anilines is 2. The highest BCUT2D eigenvalue weighted by atomic mass is 32.2. The Bertz CT molecular complexity index is 569. The van der Waals surface area contributed by atoms with E-state index in [1.807, 2.05) is 43.0 Å². The molecule has 1 aromatic rings. The summed E-state index contributed by atoms with van der Waals surface area (Å²) in [6, 6.07) is 7.62. The Morgan fingerprint density at radius 3 is 2.64 bits per heavy atom. The lowest BCUT2D eigenvalue weighted by atomic mass is 9.77. The van der Waals surface area contributed by atoms with Crippen LogP contribution in [0.3, 0.4) is 0 Å². The van der Waals surface area contributed by atoms with Crippen LogP contribution < -0.4 is 15.5 Å². The largest absolute Gasteiger partial charge is 0.388 e. The number of carbonyl (C=O) groups is 1. The van der Waals surface area contributed by atoms with Crippen LogP contribution in [0.1, 0.15) is 19.8 Å². The van der Waals surface area contributed by atoms with Crippen molar-refractivity contribution in [1.82, 2.24) is 5.32 Å². The van der Waals surface area contributed by atoms with Gasteiger partial charge in [-0.15, -0.1) is 0 Å². The average molecular weight is 365 g/mol. The SMILES string of the molecule is CCOC1CC(O)(CNC(=O)Nc2ccc(N3CCSCC3)cc2)C1. The lowest BCUT2D eigenvalue weighted by molar-refractivity contribution is -0.133. The summed E-state index contributed by atoms with van der Waals surface area (Å²) in [5.41, 5.74) is 1.10. The fourth-order valence-corrected chi connectivity index (χ4v) is 4.19. The number of ether oxygens (including phenoxy) is 1. The molecule has 0 bridgehead atoms. The van der Waals surface area contributed by atoms with Gasteiger partial charge in [0.25, 0.3) is 0 Å². The second-order valence-corrected chi connectivity index (χ2v) is 7.89. The molecule has 138 valence electrons. The Hall–Kier alpha value is -1.44. The molecule has 7 heteroatoms. The van der Waals surface area contributed by atoms with Gasteiger partial charge in [-0.1, -0.05) is 0 Å². The molecular weight excluding hydrogens is 338 g/mol. The Kier molecular flexibility index (Phi) is 6.09. The van der Waals surface area contributed by atoms with Crippen molar-refractivity contribution in [2.24, 2.45) is 0 Å². The number of hydrogen-bond donors (Lipinski definition) is 3. The first-order chi connectivity index (χ1) is 12.1. The summed E-state index contributed by atoms with van der Waals surface area (Å²) in [6.45, 7) is 4.98.